The highest BCUT2D eigenvalue weighted by Crippen LogP contribution is 2.43. The van der Waals surface area contributed by atoms with Crippen LogP contribution in [0, 0.1) is 27.7 Å². The third-order valence-electron chi connectivity index (χ3n) is 7.36. The van der Waals surface area contributed by atoms with Crippen LogP contribution in [0.2, 0.25) is 0 Å². The summed E-state index contributed by atoms with van der Waals surface area (Å²) in [6, 6.07) is 22.5. The number of fused-ring (bicyclic) bond motifs is 8. The Morgan fingerprint density at radius 1 is 0.500 bits per heavy atom. The summed E-state index contributed by atoms with van der Waals surface area (Å²) in [6.45, 7) is 9.03. The molecule has 7 rings (SSSR count). The Labute approximate surface area is 174 Å². The molecule has 2 nitrogen and oxygen atoms in total. The Morgan fingerprint density at radius 3 is 1.33 bits per heavy atom. The average Bonchev–Trinajstić information content (AvgIpc) is 3.28. The van der Waals surface area contributed by atoms with Crippen LogP contribution in [-0.4, -0.2) is 8.80 Å². The van der Waals surface area contributed by atoms with E-state index in [4.69, 9.17) is 0 Å². The third-order valence-corrected chi connectivity index (χ3v) is 7.36. The van der Waals surface area contributed by atoms with Crippen molar-refractivity contribution >= 4 is 54.6 Å². The molecule has 2 heteroatoms. The van der Waals surface area contributed by atoms with Gasteiger partial charge in [-0.3, -0.25) is 0 Å². The van der Waals surface area contributed by atoms with Crippen molar-refractivity contribution in [2.45, 2.75) is 27.7 Å². The number of hydrogen-bond acceptors (Lipinski definition) is 0. The van der Waals surface area contributed by atoms with Crippen molar-refractivity contribution in [2.24, 2.45) is 0 Å². The van der Waals surface area contributed by atoms with Crippen molar-refractivity contribution in [2.75, 3.05) is 0 Å². The van der Waals surface area contributed by atoms with Crippen LogP contribution in [0.15, 0.2) is 60.7 Å². The second-order valence-electron chi connectivity index (χ2n) is 8.83. The van der Waals surface area contributed by atoms with Crippen LogP contribution in [0.5, 0.6) is 0 Å². The van der Waals surface area contributed by atoms with Crippen LogP contribution in [-0.2, 0) is 0 Å². The van der Waals surface area contributed by atoms with Gasteiger partial charge in [-0.15, -0.1) is 0 Å². The van der Waals surface area contributed by atoms with E-state index in [0.29, 0.717) is 0 Å². The van der Waals surface area contributed by atoms with Gasteiger partial charge in [-0.1, -0.05) is 36.4 Å². The first-order valence-corrected chi connectivity index (χ1v) is 10.7. The van der Waals surface area contributed by atoms with E-state index >= 15 is 0 Å². The van der Waals surface area contributed by atoms with Crippen molar-refractivity contribution < 1.29 is 0 Å². The zero-order valence-electron chi connectivity index (χ0n) is 17.7. The molecule has 0 spiro atoms. The van der Waals surface area contributed by atoms with Crippen molar-refractivity contribution in [3.8, 4) is 0 Å². The lowest BCUT2D eigenvalue weighted by Crippen LogP contribution is -1.99. The quantitative estimate of drug-likeness (QED) is 0.239. The Bertz CT molecular complexity index is 1690. The molecule has 0 amide bonds. The minimum Gasteiger partial charge on any atom is -0.305 e. The fourth-order valence-electron chi connectivity index (χ4n) is 5.72. The van der Waals surface area contributed by atoms with Crippen LogP contribution in [0.3, 0.4) is 0 Å². The lowest BCUT2D eigenvalue weighted by atomic mass is 10.0. The molecular formula is C28H22N2. The molecule has 7 aromatic rings. The molecule has 0 unspecified atom stereocenters. The molecule has 4 aromatic carbocycles. The van der Waals surface area contributed by atoms with Gasteiger partial charge >= 0.3 is 0 Å². The smallest absolute Gasteiger partial charge is 0.0786 e. The maximum atomic E-state index is 2.51. The van der Waals surface area contributed by atoms with Gasteiger partial charge in [0.2, 0.25) is 0 Å². The highest BCUT2D eigenvalue weighted by molar-refractivity contribution is 6.23. The monoisotopic (exact) mass is 386 g/mol. The molecule has 0 atom stereocenters. The standard InChI is InChI=1S/C28H22N2/c1-15-13-23-27-25(17(15)3)19-9-5-7-11-21(19)30(27)24-14-16(2)18(4)26-20-10-6-8-12-22(20)29(23)28(24)26/h5-14H,1-4H3. The Balaban J connectivity index is 2.02. The highest BCUT2D eigenvalue weighted by Gasteiger charge is 2.23. The zero-order valence-corrected chi connectivity index (χ0v) is 17.7. The van der Waals surface area contributed by atoms with Gasteiger partial charge in [0.15, 0.2) is 0 Å². The van der Waals surface area contributed by atoms with E-state index in [2.05, 4.69) is 97.2 Å². The third kappa shape index (κ3) is 1.65. The fourth-order valence-corrected chi connectivity index (χ4v) is 5.72. The highest BCUT2D eigenvalue weighted by atomic mass is 15.0. The number of hydrogen-bond donors (Lipinski definition) is 0. The number of rotatable bonds is 0. The Kier molecular flexibility index (Phi) is 2.79. The van der Waals surface area contributed by atoms with Crippen LogP contribution in [0.4, 0.5) is 0 Å². The number of aromatic nitrogens is 2. The summed E-state index contributed by atoms with van der Waals surface area (Å²) < 4.78 is 5.03. The first-order valence-electron chi connectivity index (χ1n) is 10.7. The molecule has 0 aliphatic rings. The number of aryl methyl sites for hydroxylation is 4. The summed E-state index contributed by atoms with van der Waals surface area (Å²) in [7, 11) is 0. The van der Waals surface area contributed by atoms with Gasteiger partial charge < -0.3 is 8.80 Å². The van der Waals surface area contributed by atoms with Crippen molar-refractivity contribution in [1.82, 2.24) is 8.80 Å². The SMILES string of the molecule is Cc1cc2c3c(c1C)c1ccccc1n3c1cc(C)c(C)c3c4ccccc4n2c31. The lowest BCUT2D eigenvalue weighted by Gasteiger charge is -2.15. The molecule has 0 aliphatic heterocycles. The summed E-state index contributed by atoms with van der Waals surface area (Å²) in [5.41, 5.74) is 13.3. The maximum absolute atomic E-state index is 2.51. The molecular weight excluding hydrogens is 364 g/mol. The van der Waals surface area contributed by atoms with E-state index in [1.165, 1.54) is 76.9 Å². The number of para-hydroxylation sites is 2. The second-order valence-corrected chi connectivity index (χ2v) is 8.83. The molecule has 0 saturated heterocycles. The van der Waals surface area contributed by atoms with Gasteiger partial charge in [-0.05, 0) is 74.2 Å². The minimum absolute atomic E-state index is 1.29. The van der Waals surface area contributed by atoms with Crippen molar-refractivity contribution in [3.05, 3.63) is 82.9 Å². The van der Waals surface area contributed by atoms with Crippen LogP contribution in [0.25, 0.3) is 54.6 Å². The molecule has 0 fully saturated rings. The first-order chi connectivity index (χ1) is 14.6. The van der Waals surface area contributed by atoms with Crippen LogP contribution >= 0.6 is 0 Å². The minimum atomic E-state index is 1.29. The first kappa shape index (κ1) is 16.3. The topological polar surface area (TPSA) is 8.82 Å². The summed E-state index contributed by atoms with van der Waals surface area (Å²) in [6.07, 6.45) is 0. The van der Waals surface area contributed by atoms with Gasteiger partial charge in [-0.2, -0.15) is 0 Å². The molecule has 0 saturated carbocycles. The summed E-state index contributed by atoms with van der Waals surface area (Å²) in [4.78, 5) is 0. The van der Waals surface area contributed by atoms with Gasteiger partial charge in [0, 0.05) is 21.5 Å². The van der Waals surface area contributed by atoms with Gasteiger partial charge in [0.1, 0.15) is 0 Å². The molecule has 0 N–H and O–H groups in total. The largest absolute Gasteiger partial charge is 0.305 e. The summed E-state index contributed by atoms with van der Waals surface area (Å²) in [5, 5.41) is 5.46. The molecule has 0 aliphatic carbocycles. The van der Waals surface area contributed by atoms with Crippen molar-refractivity contribution in [3.63, 3.8) is 0 Å². The molecule has 30 heavy (non-hydrogen) atoms. The number of nitrogens with zero attached hydrogens (tertiary/aromatic N) is 2. The maximum Gasteiger partial charge on any atom is 0.0786 e. The van der Waals surface area contributed by atoms with Gasteiger partial charge in [-0.25, -0.2) is 0 Å². The van der Waals surface area contributed by atoms with E-state index in [1.807, 2.05) is 0 Å². The van der Waals surface area contributed by atoms with E-state index < -0.39 is 0 Å². The van der Waals surface area contributed by atoms with E-state index in [-0.39, 0.29) is 0 Å². The lowest BCUT2D eigenvalue weighted by molar-refractivity contribution is 1.23. The predicted molar refractivity (Wildman–Crippen MR) is 129 cm³/mol. The molecule has 3 aromatic heterocycles. The fraction of sp³-hybridized carbons (Fsp3) is 0.143. The van der Waals surface area contributed by atoms with E-state index in [1.54, 1.807) is 0 Å². The van der Waals surface area contributed by atoms with E-state index in [9.17, 15) is 0 Å². The van der Waals surface area contributed by atoms with Gasteiger partial charge in [0.05, 0.1) is 33.1 Å². The van der Waals surface area contributed by atoms with Crippen LogP contribution < -0.4 is 0 Å². The molecule has 0 radical (unpaired) electrons. The average molecular weight is 386 g/mol. The predicted octanol–water partition coefficient (Wildman–Crippen LogP) is 7.48. The summed E-state index contributed by atoms with van der Waals surface area (Å²) >= 11 is 0. The second kappa shape index (κ2) is 5.14. The van der Waals surface area contributed by atoms with Crippen molar-refractivity contribution in [1.29, 1.82) is 0 Å². The molecule has 3 heterocycles. The number of benzene rings is 4. The van der Waals surface area contributed by atoms with E-state index in [0.717, 1.165) is 0 Å². The Morgan fingerprint density at radius 2 is 0.900 bits per heavy atom. The Hall–Kier alpha value is -3.52. The molecule has 144 valence electrons. The van der Waals surface area contributed by atoms with Gasteiger partial charge in [0.25, 0.3) is 0 Å². The normalized spacial score (nSPS) is 12.7. The molecule has 0 bridgehead atoms. The summed E-state index contributed by atoms with van der Waals surface area (Å²) in [5.74, 6) is 0. The van der Waals surface area contributed by atoms with Crippen LogP contribution in [0.1, 0.15) is 22.3 Å². The zero-order chi connectivity index (χ0) is 20.3.